The summed E-state index contributed by atoms with van der Waals surface area (Å²) in [6.07, 6.45) is 0. The first-order valence-electron chi connectivity index (χ1n) is 16.1. The topological polar surface area (TPSA) is 46.8 Å². The highest BCUT2D eigenvalue weighted by molar-refractivity contribution is 6.05. The SMILES string of the molecule is c1ccc(-c2nc(-c3ccccc3)nc(N3c4ccccc4-c4cc5ccccc5cc4-n4c3cc3cc5ccccc5cc34)n2)cc1. The molecule has 10 rings (SSSR count). The monoisotopic (exact) mass is 613 g/mol. The molecule has 0 fully saturated rings. The Bertz CT molecular complexity index is 2620. The number of fused-ring (bicyclic) bond motifs is 9. The first kappa shape index (κ1) is 26.6. The van der Waals surface area contributed by atoms with Crippen molar-refractivity contribution >= 4 is 49.9 Å². The van der Waals surface area contributed by atoms with Gasteiger partial charge in [0, 0.05) is 27.6 Å². The normalized spacial score (nSPS) is 12.1. The summed E-state index contributed by atoms with van der Waals surface area (Å²) in [5.74, 6) is 2.77. The van der Waals surface area contributed by atoms with E-state index in [1.807, 2.05) is 60.7 Å². The molecule has 0 spiro atoms. The lowest BCUT2D eigenvalue weighted by Crippen LogP contribution is -2.17. The van der Waals surface area contributed by atoms with E-state index >= 15 is 0 Å². The summed E-state index contributed by atoms with van der Waals surface area (Å²) in [7, 11) is 0. The third kappa shape index (κ3) is 4.15. The van der Waals surface area contributed by atoms with Gasteiger partial charge in [0.05, 0.1) is 16.9 Å². The zero-order chi connectivity index (χ0) is 31.6. The lowest BCUT2D eigenvalue weighted by molar-refractivity contribution is 0.995. The Hall–Kier alpha value is -6.59. The van der Waals surface area contributed by atoms with Crippen LogP contribution in [0.2, 0.25) is 0 Å². The molecule has 0 radical (unpaired) electrons. The first-order valence-corrected chi connectivity index (χ1v) is 16.1. The predicted molar refractivity (Wildman–Crippen MR) is 196 cm³/mol. The van der Waals surface area contributed by atoms with E-state index in [0.717, 1.165) is 50.3 Å². The smallest absolute Gasteiger partial charge is 0.239 e. The van der Waals surface area contributed by atoms with Gasteiger partial charge < -0.3 is 0 Å². The van der Waals surface area contributed by atoms with E-state index in [-0.39, 0.29) is 0 Å². The average Bonchev–Trinajstić information content (AvgIpc) is 3.46. The van der Waals surface area contributed by atoms with Gasteiger partial charge in [0.2, 0.25) is 5.95 Å². The second-order valence-corrected chi connectivity index (χ2v) is 12.2. The van der Waals surface area contributed by atoms with Crippen molar-refractivity contribution in [3.8, 4) is 39.6 Å². The number of anilines is 3. The minimum atomic E-state index is 0.557. The zero-order valence-corrected chi connectivity index (χ0v) is 25.8. The van der Waals surface area contributed by atoms with E-state index in [1.54, 1.807) is 0 Å². The fraction of sp³-hybridized carbons (Fsp3) is 0. The van der Waals surface area contributed by atoms with Crippen LogP contribution in [-0.2, 0) is 0 Å². The van der Waals surface area contributed by atoms with Crippen molar-refractivity contribution in [3.05, 3.63) is 164 Å². The Balaban J connectivity index is 1.34. The fourth-order valence-corrected chi connectivity index (χ4v) is 7.06. The van der Waals surface area contributed by atoms with Gasteiger partial charge in [0.15, 0.2) is 11.6 Å². The van der Waals surface area contributed by atoms with E-state index in [9.17, 15) is 0 Å². The number of nitrogens with zero attached hydrogens (tertiary/aromatic N) is 5. The molecule has 1 aliphatic heterocycles. The molecule has 0 saturated carbocycles. The van der Waals surface area contributed by atoms with E-state index < -0.39 is 0 Å². The van der Waals surface area contributed by atoms with Crippen LogP contribution in [0, 0.1) is 0 Å². The molecule has 2 aromatic heterocycles. The maximum Gasteiger partial charge on any atom is 0.239 e. The van der Waals surface area contributed by atoms with Crippen LogP contribution < -0.4 is 4.90 Å². The van der Waals surface area contributed by atoms with Crippen molar-refractivity contribution in [1.29, 1.82) is 0 Å². The molecule has 0 N–H and O–H groups in total. The molecule has 3 heterocycles. The Kier molecular flexibility index (Phi) is 5.81. The zero-order valence-electron chi connectivity index (χ0n) is 25.8. The first-order chi connectivity index (χ1) is 23.8. The summed E-state index contributed by atoms with van der Waals surface area (Å²) in [5, 5.41) is 5.93. The fourth-order valence-electron chi connectivity index (χ4n) is 7.06. The number of benzene rings is 7. The molecule has 0 unspecified atom stereocenters. The highest BCUT2D eigenvalue weighted by Gasteiger charge is 2.30. The van der Waals surface area contributed by atoms with Crippen molar-refractivity contribution in [3.63, 3.8) is 0 Å². The second-order valence-electron chi connectivity index (χ2n) is 12.2. The van der Waals surface area contributed by atoms with Gasteiger partial charge in [0.25, 0.3) is 0 Å². The molecule has 0 atom stereocenters. The summed E-state index contributed by atoms with van der Waals surface area (Å²) >= 11 is 0. The van der Waals surface area contributed by atoms with E-state index in [4.69, 9.17) is 15.0 Å². The van der Waals surface area contributed by atoms with E-state index in [0.29, 0.717) is 17.6 Å². The Morgan fingerprint density at radius 2 is 0.917 bits per heavy atom. The van der Waals surface area contributed by atoms with Crippen LogP contribution in [0.25, 0.3) is 72.0 Å². The summed E-state index contributed by atoms with van der Waals surface area (Å²) in [6, 6.07) is 57.5. The van der Waals surface area contributed by atoms with Gasteiger partial charge in [-0.1, -0.05) is 127 Å². The third-order valence-electron chi connectivity index (χ3n) is 9.31. The molecule has 0 bridgehead atoms. The molecular formula is C43H27N5. The highest BCUT2D eigenvalue weighted by atomic mass is 15.3. The van der Waals surface area contributed by atoms with Gasteiger partial charge in [0.1, 0.15) is 5.82 Å². The van der Waals surface area contributed by atoms with Crippen molar-refractivity contribution in [2.45, 2.75) is 0 Å². The van der Waals surface area contributed by atoms with Gasteiger partial charge >= 0.3 is 0 Å². The van der Waals surface area contributed by atoms with E-state index in [1.165, 1.54) is 21.5 Å². The molecule has 48 heavy (non-hydrogen) atoms. The Labute approximate surface area is 277 Å². The molecule has 0 aliphatic carbocycles. The van der Waals surface area contributed by atoms with Crippen LogP contribution in [-0.4, -0.2) is 19.5 Å². The molecule has 5 nitrogen and oxygen atoms in total. The number of rotatable bonds is 3. The molecule has 9 aromatic rings. The van der Waals surface area contributed by atoms with E-state index in [2.05, 4.69) is 113 Å². The number of aromatic nitrogens is 4. The van der Waals surface area contributed by atoms with Gasteiger partial charge in [-0.2, -0.15) is 9.97 Å². The molecule has 1 aliphatic rings. The Morgan fingerprint density at radius 1 is 0.375 bits per heavy atom. The number of hydrogen-bond acceptors (Lipinski definition) is 4. The third-order valence-corrected chi connectivity index (χ3v) is 9.31. The second kappa shape index (κ2) is 10.5. The van der Waals surface area contributed by atoms with Crippen LogP contribution in [0.3, 0.4) is 0 Å². The number of para-hydroxylation sites is 1. The lowest BCUT2D eigenvalue weighted by Gasteiger charge is -2.24. The average molecular weight is 614 g/mol. The summed E-state index contributed by atoms with van der Waals surface area (Å²) < 4.78 is 2.39. The van der Waals surface area contributed by atoms with Crippen molar-refractivity contribution < 1.29 is 0 Å². The van der Waals surface area contributed by atoms with Gasteiger partial charge in [-0.3, -0.25) is 9.47 Å². The van der Waals surface area contributed by atoms with Gasteiger partial charge in [-0.25, -0.2) is 4.98 Å². The highest BCUT2D eigenvalue weighted by Crippen LogP contribution is 2.49. The maximum atomic E-state index is 5.23. The largest absolute Gasteiger partial charge is 0.295 e. The lowest BCUT2D eigenvalue weighted by atomic mass is 9.97. The van der Waals surface area contributed by atoms with Crippen molar-refractivity contribution in [2.24, 2.45) is 0 Å². The maximum absolute atomic E-state index is 5.23. The molecular weight excluding hydrogens is 587 g/mol. The van der Waals surface area contributed by atoms with Gasteiger partial charge in [-0.15, -0.1) is 0 Å². The van der Waals surface area contributed by atoms with Crippen LogP contribution in [0.15, 0.2) is 164 Å². The molecule has 5 heteroatoms. The summed E-state index contributed by atoms with van der Waals surface area (Å²) in [4.78, 5) is 17.7. The Morgan fingerprint density at radius 3 is 1.58 bits per heavy atom. The van der Waals surface area contributed by atoms with Crippen LogP contribution in [0.1, 0.15) is 0 Å². The predicted octanol–water partition coefficient (Wildman–Crippen LogP) is 10.9. The van der Waals surface area contributed by atoms with Crippen molar-refractivity contribution in [1.82, 2.24) is 19.5 Å². The standard InChI is InChI=1S/C43H27N5/c1-3-13-28(14-4-1)41-44-42(29-15-5-2-6-16-29)46-43(45-41)48-37-22-12-11-21-35(37)36-24-31-18-8-10-20-33(31)26-39(36)47-38-25-32-19-9-7-17-30(32)23-34(38)27-40(47)48/h1-27H. The number of hydrogen-bond donors (Lipinski definition) is 0. The summed E-state index contributed by atoms with van der Waals surface area (Å²) in [6.45, 7) is 0. The summed E-state index contributed by atoms with van der Waals surface area (Å²) in [5.41, 5.74) is 7.37. The molecule has 0 saturated heterocycles. The van der Waals surface area contributed by atoms with Crippen LogP contribution in [0.5, 0.6) is 0 Å². The van der Waals surface area contributed by atoms with Gasteiger partial charge in [-0.05, 0) is 57.9 Å². The quantitative estimate of drug-likeness (QED) is 0.199. The molecule has 224 valence electrons. The molecule has 7 aromatic carbocycles. The van der Waals surface area contributed by atoms with Crippen molar-refractivity contribution in [2.75, 3.05) is 4.90 Å². The van der Waals surface area contributed by atoms with Crippen LogP contribution >= 0.6 is 0 Å². The van der Waals surface area contributed by atoms with Crippen LogP contribution in [0.4, 0.5) is 17.5 Å². The molecule has 0 amide bonds. The minimum absolute atomic E-state index is 0.557. The minimum Gasteiger partial charge on any atom is -0.295 e.